The molecule has 0 aliphatic rings. The Hall–Kier alpha value is -4.57. The van der Waals surface area contributed by atoms with Gasteiger partial charge in [0, 0.05) is 23.5 Å². The predicted molar refractivity (Wildman–Crippen MR) is 138 cm³/mol. The molecule has 0 N–H and O–H groups in total. The average Bonchev–Trinajstić information content (AvgIpc) is 3.25. The maximum absolute atomic E-state index is 12.7. The molecule has 37 heavy (non-hydrogen) atoms. The number of nitrogens with zero attached hydrogens (tertiary/aromatic N) is 2. The number of ketones is 1. The number of hydrogen-bond acceptors (Lipinski definition) is 9. The van der Waals surface area contributed by atoms with E-state index in [1.165, 1.54) is 26.5 Å². The van der Waals surface area contributed by atoms with Crippen LogP contribution in [0.15, 0.2) is 77.4 Å². The number of fused-ring (bicyclic) bond motifs is 1. The van der Waals surface area contributed by atoms with Crippen molar-refractivity contribution in [3.63, 3.8) is 0 Å². The number of methoxy groups -OCH3 is 2. The fourth-order valence-corrected chi connectivity index (χ4v) is 4.54. The predicted octanol–water partition coefficient (Wildman–Crippen LogP) is 3.50. The van der Waals surface area contributed by atoms with Crippen LogP contribution >= 0.6 is 11.3 Å². The van der Waals surface area contributed by atoms with Crippen LogP contribution in [0.5, 0.6) is 5.75 Å². The Morgan fingerprint density at radius 3 is 2.35 bits per heavy atom. The molecule has 0 spiro atoms. The normalized spacial score (nSPS) is 10.5. The summed E-state index contributed by atoms with van der Waals surface area (Å²) in [7, 11) is 2.36. The molecule has 4 rings (SSSR count). The van der Waals surface area contributed by atoms with Crippen LogP contribution in [0.3, 0.4) is 0 Å². The summed E-state index contributed by atoms with van der Waals surface area (Å²) in [4.78, 5) is 52.7. The van der Waals surface area contributed by atoms with E-state index in [-0.39, 0.29) is 22.8 Å². The molecule has 0 fully saturated rings. The highest BCUT2D eigenvalue weighted by molar-refractivity contribution is 7.16. The molecular weight excluding hydrogens is 496 g/mol. The maximum Gasteiger partial charge on any atom is 0.345 e. The number of benzene rings is 2. The average molecular weight is 519 g/mol. The molecule has 0 aliphatic carbocycles. The van der Waals surface area contributed by atoms with Gasteiger partial charge in [-0.1, -0.05) is 23.5 Å². The molecule has 0 radical (unpaired) electrons. The lowest BCUT2D eigenvalue weighted by Gasteiger charge is -2.08. The first-order valence-electron chi connectivity index (χ1n) is 11.1. The van der Waals surface area contributed by atoms with Gasteiger partial charge >= 0.3 is 16.8 Å². The van der Waals surface area contributed by atoms with Crippen molar-refractivity contribution in [3.8, 4) is 5.75 Å². The van der Waals surface area contributed by atoms with E-state index in [4.69, 9.17) is 4.74 Å². The number of esters is 2. The first kappa shape index (κ1) is 25.5. The van der Waals surface area contributed by atoms with Gasteiger partial charge in [0.2, 0.25) is 0 Å². The van der Waals surface area contributed by atoms with Crippen LogP contribution in [0.2, 0.25) is 0 Å². The Morgan fingerprint density at radius 2 is 1.70 bits per heavy atom. The summed E-state index contributed by atoms with van der Waals surface area (Å²) in [6.45, 7) is 0.540. The Labute approximate surface area is 215 Å². The van der Waals surface area contributed by atoms with E-state index in [0.29, 0.717) is 33.7 Å². The van der Waals surface area contributed by atoms with Crippen LogP contribution in [-0.2, 0) is 25.6 Å². The number of carbonyl (C=O) groups is 3. The summed E-state index contributed by atoms with van der Waals surface area (Å²) in [5.41, 5.74) is 2.04. The lowest BCUT2D eigenvalue weighted by Crippen LogP contribution is -2.17. The van der Waals surface area contributed by atoms with Gasteiger partial charge in [-0.3, -0.25) is 19.1 Å². The van der Waals surface area contributed by atoms with Crippen LogP contribution in [0.4, 0.5) is 0 Å². The molecule has 2 heterocycles. The van der Waals surface area contributed by atoms with E-state index in [1.807, 2.05) is 0 Å². The minimum atomic E-state index is -0.797. The van der Waals surface area contributed by atoms with E-state index in [0.717, 1.165) is 16.9 Å². The number of pyridine rings is 1. The number of thiazole rings is 1. The molecule has 2 aromatic heterocycles. The molecule has 0 saturated carbocycles. The molecule has 0 amide bonds. The smallest absolute Gasteiger partial charge is 0.345 e. The molecule has 2 aromatic carbocycles. The molecular formula is C27H22N2O7S. The number of aromatic nitrogens is 2. The zero-order valence-electron chi connectivity index (χ0n) is 20.0. The zero-order valence-corrected chi connectivity index (χ0v) is 20.8. The van der Waals surface area contributed by atoms with E-state index < -0.39 is 11.9 Å². The molecule has 0 saturated heterocycles. The van der Waals surface area contributed by atoms with E-state index in [2.05, 4.69) is 14.5 Å². The first-order chi connectivity index (χ1) is 17.9. The van der Waals surface area contributed by atoms with Crippen LogP contribution in [0.25, 0.3) is 16.3 Å². The lowest BCUT2D eigenvalue weighted by molar-refractivity contribution is -0.143. The van der Waals surface area contributed by atoms with Gasteiger partial charge < -0.3 is 14.2 Å². The van der Waals surface area contributed by atoms with Crippen molar-refractivity contribution in [2.24, 2.45) is 0 Å². The number of hydrogen-bond donors (Lipinski definition) is 0. The van der Waals surface area contributed by atoms with Crippen LogP contribution in [0.1, 0.15) is 21.5 Å². The molecule has 0 atom stereocenters. The molecule has 0 unspecified atom stereocenters. The standard InChI is InChI=1S/C27H22N2O7S/c1-34-25(31)21(26(32)35-2)14-17-5-8-20(9-6-17)36-13-12-29-22-10-7-18(15-23(22)37-27(29)33)24(30)19-4-3-11-28-16-19/h3-11,14-16H,12-13H2,1-2H3. The van der Waals surface area contributed by atoms with Crippen molar-refractivity contribution in [2.45, 2.75) is 6.54 Å². The molecule has 0 bridgehead atoms. The largest absolute Gasteiger partial charge is 0.492 e. The third kappa shape index (κ3) is 5.81. The Morgan fingerprint density at radius 1 is 0.973 bits per heavy atom. The minimum absolute atomic E-state index is 0.150. The summed E-state index contributed by atoms with van der Waals surface area (Å²) >= 11 is 1.07. The third-order valence-electron chi connectivity index (χ3n) is 5.44. The second-order valence-corrected chi connectivity index (χ2v) is 8.72. The number of carbonyl (C=O) groups excluding carboxylic acids is 3. The van der Waals surface area contributed by atoms with Crippen molar-refractivity contribution in [2.75, 3.05) is 20.8 Å². The van der Waals surface area contributed by atoms with Gasteiger partial charge in [0.25, 0.3) is 0 Å². The summed E-state index contributed by atoms with van der Waals surface area (Å²) in [5.74, 6) is -1.20. The van der Waals surface area contributed by atoms with Crippen LogP contribution < -0.4 is 9.61 Å². The lowest BCUT2D eigenvalue weighted by atomic mass is 10.1. The minimum Gasteiger partial charge on any atom is -0.492 e. The van der Waals surface area contributed by atoms with Crippen molar-refractivity contribution in [1.82, 2.24) is 9.55 Å². The Balaban J connectivity index is 1.43. The fraction of sp³-hybridized carbons (Fsp3) is 0.148. The first-order valence-corrected chi connectivity index (χ1v) is 11.9. The third-order valence-corrected chi connectivity index (χ3v) is 6.38. The van der Waals surface area contributed by atoms with Crippen LogP contribution in [0, 0.1) is 0 Å². The zero-order chi connectivity index (χ0) is 26.4. The quantitative estimate of drug-likeness (QED) is 0.109. The summed E-state index contributed by atoms with van der Waals surface area (Å²) < 4.78 is 17.3. The van der Waals surface area contributed by atoms with Crippen molar-refractivity contribution >= 4 is 45.4 Å². The topological polar surface area (TPSA) is 114 Å². The highest BCUT2D eigenvalue weighted by Crippen LogP contribution is 2.21. The summed E-state index contributed by atoms with van der Waals surface area (Å²) in [5, 5.41) is 0. The number of ether oxygens (including phenoxy) is 3. The summed E-state index contributed by atoms with van der Waals surface area (Å²) in [6.07, 6.45) is 4.48. The van der Waals surface area contributed by atoms with E-state index >= 15 is 0 Å². The van der Waals surface area contributed by atoms with Gasteiger partial charge in [-0.05, 0) is 54.1 Å². The fourth-order valence-electron chi connectivity index (χ4n) is 3.59. The number of rotatable bonds is 9. The van der Waals surface area contributed by atoms with E-state index in [1.54, 1.807) is 65.4 Å². The molecule has 10 heteroatoms. The van der Waals surface area contributed by atoms with Crippen LogP contribution in [-0.4, -0.2) is 48.1 Å². The second kappa shape index (κ2) is 11.4. The van der Waals surface area contributed by atoms with Gasteiger partial charge in [0.05, 0.1) is 31.0 Å². The van der Waals surface area contributed by atoms with Gasteiger partial charge in [0.15, 0.2) is 5.78 Å². The summed E-state index contributed by atoms with van der Waals surface area (Å²) in [6, 6.07) is 15.3. The van der Waals surface area contributed by atoms with Crippen molar-refractivity contribution < 1.29 is 28.6 Å². The van der Waals surface area contributed by atoms with Gasteiger partial charge in [-0.2, -0.15) is 0 Å². The highest BCUT2D eigenvalue weighted by Gasteiger charge is 2.19. The van der Waals surface area contributed by atoms with Gasteiger partial charge in [0.1, 0.15) is 17.9 Å². The molecule has 4 aromatic rings. The van der Waals surface area contributed by atoms with Gasteiger partial charge in [-0.25, -0.2) is 9.59 Å². The highest BCUT2D eigenvalue weighted by atomic mass is 32.1. The van der Waals surface area contributed by atoms with Crippen molar-refractivity contribution in [1.29, 1.82) is 0 Å². The maximum atomic E-state index is 12.7. The SMILES string of the molecule is COC(=O)C(=Cc1ccc(OCCn2c(=O)sc3cc(C(=O)c4cccnc4)ccc32)cc1)C(=O)OC. The van der Waals surface area contributed by atoms with Crippen molar-refractivity contribution in [3.05, 3.63) is 98.9 Å². The molecule has 0 aliphatic heterocycles. The Kier molecular flexibility index (Phi) is 7.89. The monoisotopic (exact) mass is 518 g/mol. The van der Waals surface area contributed by atoms with E-state index in [9.17, 15) is 19.2 Å². The molecule has 9 nitrogen and oxygen atoms in total. The Bertz CT molecular complexity index is 1520. The second-order valence-electron chi connectivity index (χ2n) is 7.73. The molecule has 188 valence electrons. The van der Waals surface area contributed by atoms with Gasteiger partial charge in [-0.15, -0.1) is 0 Å².